The van der Waals surface area contributed by atoms with Gasteiger partial charge in [-0.15, -0.1) is 0 Å². The first kappa shape index (κ1) is 7.95. The molecule has 50 valence electrons. The summed E-state index contributed by atoms with van der Waals surface area (Å²) in [4.78, 5) is 3.88. The van der Waals surface area contributed by atoms with E-state index >= 15 is 0 Å². The van der Waals surface area contributed by atoms with Gasteiger partial charge in [-0.2, -0.15) is 0 Å². The molecule has 0 aromatic rings. The van der Waals surface area contributed by atoms with Crippen LogP contribution in [0.3, 0.4) is 0 Å². The summed E-state index contributed by atoms with van der Waals surface area (Å²) in [7, 11) is 1.57. The van der Waals surface area contributed by atoms with Gasteiger partial charge in [-0.3, -0.25) is 0 Å². The van der Waals surface area contributed by atoms with Crippen LogP contribution >= 0.6 is 0 Å². The number of rotatable bonds is 3. The van der Waals surface area contributed by atoms with Crippen LogP contribution in [-0.2, 0) is 4.74 Å². The van der Waals surface area contributed by atoms with Gasteiger partial charge < -0.3 is 4.74 Å². The second-order valence-corrected chi connectivity index (χ2v) is 1.33. The molecule has 0 aliphatic carbocycles. The van der Waals surface area contributed by atoms with Crippen molar-refractivity contribution < 1.29 is 4.74 Å². The van der Waals surface area contributed by atoms with Crippen molar-refractivity contribution in [2.45, 2.75) is 6.92 Å². The van der Waals surface area contributed by atoms with Crippen molar-refractivity contribution in [2.75, 3.05) is 7.11 Å². The standard InChI is InChI=1S/C7H11NO/c1-4-6-7(9-3)8-5-2/h4-6H,1H2,2-3H3/b7-6+,8-5?. The third-order valence-electron chi connectivity index (χ3n) is 0.726. The fourth-order valence-corrected chi connectivity index (χ4v) is 0.392. The second kappa shape index (κ2) is 5.09. The molecular formula is C7H11NO. The van der Waals surface area contributed by atoms with Gasteiger partial charge in [0.25, 0.3) is 0 Å². The fourth-order valence-electron chi connectivity index (χ4n) is 0.392. The smallest absolute Gasteiger partial charge is 0.212 e. The van der Waals surface area contributed by atoms with Crippen molar-refractivity contribution in [3.63, 3.8) is 0 Å². The number of nitrogens with zero attached hydrogens (tertiary/aromatic N) is 1. The van der Waals surface area contributed by atoms with Crippen molar-refractivity contribution in [1.29, 1.82) is 0 Å². The molecule has 0 saturated heterocycles. The number of aliphatic imine (C=N–C) groups is 1. The van der Waals surface area contributed by atoms with Crippen LogP contribution in [0.25, 0.3) is 0 Å². The van der Waals surface area contributed by atoms with E-state index < -0.39 is 0 Å². The summed E-state index contributed by atoms with van der Waals surface area (Å²) in [5, 5.41) is 0. The van der Waals surface area contributed by atoms with Crippen LogP contribution in [0.2, 0.25) is 0 Å². The summed E-state index contributed by atoms with van der Waals surface area (Å²) in [5.74, 6) is 0.576. The van der Waals surface area contributed by atoms with Gasteiger partial charge in [-0.25, -0.2) is 4.99 Å². The Labute approximate surface area is 55.6 Å². The van der Waals surface area contributed by atoms with Crippen LogP contribution in [0.5, 0.6) is 0 Å². The Morgan fingerprint density at radius 3 is 2.67 bits per heavy atom. The lowest BCUT2D eigenvalue weighted by Crippen LogP contribution is -1.80. The molecule has 0 rings (SSSR count). The zero-order chi connectivity index (χ0) is 7.11. The Kier molecular flexibility index (Phi) is 4.50. The minimum Gasteiger partial charge on any atom is -0.481 e. The maximum Gasteiger partial charge on any atom is 0.212 e. The SMILES string of the molecule is C=C/C=C(\N=CC)OC. The van der Waals surface area contributed by atoms with E-state index in [4.69, 9.17) is 4.74 Å². The van der Waals surface area contributed by atoms with Gasteiger partial charge >= 0.3 is 0 Å². The summed E-state index contributed by atoms with van der Waals surface area (Å²) in [6.07, 6.45) is 4.99. The maximum absolute atomic E-state index is 4.82. The van der Waals surface area contributed by atoms with Crippen LogP contribution < -0.4 is 0 Å². The highest BCUT2D eigenvalue weighted by Crippen LogP contribution is 1.94. The molecule has 0 spiro atoms. The number of hydrogen-bond acceptors (Lipinski definition) is 2. The Balaban J connectivity index is 3.96. The first-order chi connectivity index (χ1) is 4.35. The first-order valence-electron chi connectivity index (χ1n) is 2.70. The minimum atomic E-state index is 0.576. The average Bonchev–Trinajstić information content (AvgIpc) is 1.88. The molecule has 0 aromatic heterocycles. The molecule has 0 N–H and O–H groups in total. The zero-order valence-electron chi connectivity index (χ0n) is 5.79. The Morgan fingerprint density at radius 1 is 1.67 bits per heavy atom. The van der Waals surface area contributed by atoms with Gasteiger partial charge in [0.2, 0.25) is 5.88 Å². The molecule has 0 bridgehead atoms. The lowest BCUT2D eigenvalue weighted by atomic mass is 10.6. The third kappa shape index (κ3) is 3.53. The molecule has 2 nitrogen and oxygen atoms in total. The minimum absolute atomic E-state index is 0.576. The second-order valence-electron chi connectivity index (χ2n) is 1.33. The predicted molar refractivity (Wildman–Crippen MR) is 39.5 cm³/mol. The van der Waals surface area contributed by atoms with Crippen LogP contribution in [0.15, 0.2) is 29.6 Å². The summed E-state index contributed by atoms with van der Waals surface area (Å²) < 4.78 is 4.82. The van der Waals surface area contributed by atoms with Crippen molar-refractivity contribution in [2.24, 2.45) is 4.99 Å². The van der Waals surface area contributed by atoms with Crippen molar-refractivity contribution in [3.05, 3.63) is 24.6 Å². The highest BCUT2D eigenvalue weighted by molar-refractivity contribution is 5.54. The lowest BCUT2D eigenvalue weighted by molar-refractivity contribution is 0.289. The molecule has 0 saturated carbocycles. The van der Waals surface area contributed by atoms with E-state index in [1.165, 1.54) is 0 Å². The Morgan fingerprint density at radius 2 is 2.33 bits per heavy atom. The van der Waals surface area contributed by atoms with Gasteiger partial charge in [0.15, 0.2) is 0 Å². The molecule has 0 heterocycles. The molecule has 0 aliphatic rings. The van der Waals surface area contributed by atoms with Crippen molar-refractivity contribution in [1.82, 2.24) is 0 Å². The van der Waals surface area contributed by atoms with Crippen molar-refractivity contribution in [3.8, 4) is 0 Å². The van der Waals surface area contributed by atoms with E-state index in [-0.39, 0.29) is 0 Å². The normalized spacial score (nSPS) is 12.0. The number of allylic oxidation sites excluding steroid dienone is 2. The summed E-state index contributed by atoms with van der Waals surface area (Å²) in [6, 6.07) is 0. The molecule has 0 aliphatic heterocycles. The van der Waals surface area contributed by atoms with E-state index in [0.29, 0.717) is 5.88 Å². The highest BCUT2D eigenvalue weighted by Gasteiger charge is 1.82. The summed E-state index contributed by atoms with van der Waals surface area (Å²) in [5.41, 5.74) is 0. The third-order valence-corrected chi connectivity index (χ3v) is 0.726. The zero-order valence-corrected chi connectivity index (χ0v) is 5.79. The van der Waals surface area contributed by atoms with Gasteiger partial charge in [0.05, 0.1) is 7.11 Å². The molecule has 0 radical (unpaired) electrons. The van der Waals surface area contributed by atoms with E-state index in [9.17, 15) is 0 Å². The molecule has 0 fully saturated rings. The fraction of sp³-hybridized carbons (Fsp3) is 0.286. The van der Waals surface area contributed by atoms with Gasteiger partial charge in [0, 0.05) is 6.21 Å². The quantitative estimate of drug-likeness (QED) is 0.320. The van der Waals surface area contributed by atoms with E-state index in [1.54, 1.807) is 25.5 Å². The van der Waals surface area contributed by atoms with E-state index in [0.717, 1.165) is 0 Å². The monoisotopic (exact) mass is 125 g/mol. The van der Waals surface area contributed by atoms with Crippen molar-refractivity contribution >= 4 is 6.21 Å². The molecule has 9 heavy (non-hydrogen) atoms. The van der Waals surface area contributed by atoms with Gasteiger partial charge in [0.1, 0.15) is 0 Å². The molecule has 2 heteroatoms. The van der Waals surface area contributed by atoms with Crippen LogP contribution in [-0.4, -0.2) is 13.3 Å². The first-order valence-corrected chi connectivity index (χ1v) is 2.70. The van der Waals surface area contributed by atoms with Crippen LogP contribution in [0.1, 0.15) is 6.92 Å². The summed E-state index contributed by atoms with van der Waals surface area (Å²) in [6.45, 7) is 5.33. The summed E-state index contributed by atoms with van der Waals surface area (Å²) >= 11 is 0. The van der Waals surface area contributed by atoms with Crippen LogP contribution in [0, 0.1) is 0 Å². The Bertz CT molecular complexity index is 136. The van der Waals surface area contributed by atoms with E-state index in [1.807, 2.05) is 6.92 Å². The highest BCUT2D eigenvalue weighted by atomic mass is 16.5. The van der Waals surface area contributed by atoms with E-state index in [2.05, 4.69) is 11.6 Å². The molecule has 0 atom stereocenters. The van der Waals surface area contributed by atoms with Gasteiger partial charge in [-0.05, 0) is 13.0 Å². The molecular weight excluding hydrogens is 114 g/mol. The van der Waals surface area contributed by atoms with Gasteiger partial charge in [-0.1, -0.05) is 12.7 Å². The topological polar surface area (TPSA) is 21.6 Å². The maximum atomic E-state index is 4.82. The lowest BCUT2D eigenvalue weighted by Gasteiger charge is -1.94. The van der Waals surface area contributed by atoms with Crippen LogP contribution in [0.4, 0.5) is 0 Å². The number of ether oxygens (including phenoxy) is 1. The average molecular weight is 125 g/mol. The largest absolute Gasteiger partial charge is 0.481 e. The Hall–Kier alpha value is -1.05. The predicted octanol–water partition coefficient (Wildman–Crippen LogP) is 1.75. The molecule has 0 unspecified atom stereocenters. The number of methoxy groups -OCH3 is 1. The molecule has 0 amide bonds. The molecule has 0 aromatic carbocycles. The number of hydrogen-bond donors (Lipinski definition) is 0.